The second-order valence-electron chi connectivity index (χ2n) is 5.51. The van der Waals surface area contributed by atoms with Gasteiger partial charge in [0.25, 0.3) is 0 Å². The van der Waals surface area contributed by atoms with Crippen LogP contribution in [0, 0.1) is 0 Å². The van der Waals surface area contributed by atoms with Gasteiger partial charge >= 0.3 is 6.03 Å². The number of anilines is 1. The summed E-state index contributed by atoms with van der Waals surface area (Å²) in [7, 11) is -3.15. The van der Waals surface area contributed by atoms with E-state index in [1.807, 2.05) is 12.1 Å². The van der Waals surface area contributed by atoms with Gasteiger partial charge in [-0.1, -0.05) is 12.1 Å². The highest BCUT2D eigenvalue weighted by molar-refractivity contribution is 7.94. The monoisotopic (exact) mass is 306 g/mol. The fourth-order valence-electron chi connectivity index (χ4n) is 2.89. The maximum Gasteiger partial charge on any atom is 0.319 e. The minimum atomic E-state index is -3.15. The third kappa shape index (κ3) is 3.26. The highest BCUT2D eigenvalue weighted by Gasteiger charge is 2.23. The van der Waals surface area contributed by atoms with Crippen molar-refractivity contribution in [3.63, 3.8) is 0 Å². The molecule has 0 aromatic heterocycles. The van der Waals surface area contributed by atoms with Gasteiger partial charge in [-0.2, -0.15) is 0 Å². The Bertz CT molecular complexity index is 695. The molecule has 112 valence electrons. The van der Waals surface area contributed by atoms with Crippen molar-refractivity contribution in [3.05, 3.63) is 40.8 Å². The fourth-order valence-corrected chi connectivity index (χ4v) is 4.13. The van der Waals surface area contributed by atoms with Crippen LogP contribution in [0.1, 0.15) is 24.0 Å². The van der Waals surface area contributed by atoms with Gasteiger partial charge in [-0.05, 0) is 49.0 Å². The quantitative estimate of drug-likeness (QED) is 0.877. The average molecular weight is 306 g/mol. The molecule has 21 heavy (non-hydrogen) atoms. The molecular formula is C15H18N2O3S. The summed E-state index contributed by atoms with van der Waals surface area (Å²) in [6, 6.07) is 5.13. The van der Waals surface area contributed by atoms with Gasteiger partial charge in [0, 0.05) is 11.1 Å². The fraction of sp³-hybridized carbons (Fsp3) is 0.400. The van der Waals surface area contributed by atoms with Gasteiger partial charge in [0.05, 0.1) is 11.8 Å². The first kappa shape index (κ1) is 14.1. The molecule has 0 radical (unpaired) electrons. The Labute approximate surface area is 124 Å². The van der Waals surface area contributed by atoms with Crippen LogP contribution >= 0.6 is 0 Å². The minimum Gasteiger partial charge on any atom is -0.331 e. The molecule has 2 N–H and O–H groups in total. The number of benzene rings is 1. The first-order valence-electron chi connectivity index (χ1n) is 7.13. The third-order valence-electron chi connectivity index (χ3n) is 3.89. The van der Waals surface area contributed by atoms with Gasteiger partial charge in [0.15, 0.2) is 9.84 Å². The molecule has 1 atom stereocenters. The topological polar surface area (TPSA) is 75.3 Å². The van der Waals surface area contributed by atoms with Crippen LogP contribution in [-0.2, 0) is 22.7 Å². The van der Waals surface area contributed by atoms with Crippen molar-refractivity contribution in [2.24, 2.45) is 0 Å². The maximum atomic E-state index is 12.0. The van der Waals surface area contributed by atoms with Gasteiger partial charge in [0.1, 0.15) is 0 Å². The highest BCUT2D eigenvalue weighted by Crippen LogP contribution is 2.27. The van der Waals surface area contributed by atoms with Crippen LogP contribution in [-0.4, -0.2) is 26.2 Å². The molecule has 2 aliphatic rings. The van der Waals surface area contributed by atoms with Crippen LogP contribution in [0.15, 0.2) is 29.7 Å². The highest BCUT2D eigenvalue weighted by atomic mass is 32.2. The second kappa shape index (κ2) is 5.52. The predicted octanol–water partition coefficient (Wildman–Crippen LogP) is 2.00. The number of sulfone groups is 1. The number of amides is 2. The van der Waals surface area contributed by atoms with Gasteiger partial charge < -0.3 is 10.6 Å². The van der Waals surface area contributed by atoms with Crippen LogP contribution < -0.4 is 10.6 Å². The largest absolute Gasteiger partial charge is 0.331 e. The molecule has 1 aliphatic heterocycles. The van der Waals surface area contributed by atoms with Crippen molar-refractivity contribution < 1.29 is 13.2 Å². The normalized spacial score (nSPS) is 22.6. The molecule has 5 nitrogen and oxygen atoms in total. The van der Waals surface area contributed by atoms with E-state index in [-0.39, 0.29) is 11.8 Å². The summed E-state index contributed by atoms with van der Waals surface area (Å²) in [4.78, 5) is 12.0. The molecule has 6 heteroatoms. The van der Waals surface area contributed by atoms with Crippen LogP contribution in [0.25, 0.3) is 0 Å². The molecule has 3 rings (SSSR count). The smallest absolute Gasteiger partial charge is 0.319 e. The number of hydrogen-bond acceptors (Lipinski definition) is 3. The van der Waals surface area contributed by atoms with E-state index < -0.39 is 15.9 Å². The lowest BCUT2D eigenvalue weighted by molar-refractivity contribution is 0.251. The number of rotatable bonds is 2. The zero-order valence-electron chi connectivity index (χ0n) is 11.6. The zero-order valence-corrected chi connectivity index (χ0v) is 12.4. The lowest BCUT2D eigenvalue weighted by Gasteiger charge is -2.20. The van der Waals surface area contributed by atoms with E-state index in [1.165, 1.54) is 23.6 Å². The Morgan fingerprint density at radius 1 is 1.19 bits per heavy atom. The average Bonchev–Trinajstić information content (AvgIpc) is 2.78. The molecule has 1 heterocycles. The number of carbonyl (C=O) groups is 1. The maximum absolute atomic E-state index is 12.0. The molecule has 0 spiro atoms. The summed E-state index contributed by atoms with van der Waals surface area (Å²) in [5, 5.41) is 6.67. The van der Waals surface area contributed by atoms with Crippen LogP contribution in [0.2, 0.25) is 0 Å². The van der Waals surface area contributed by atoms with E-state index in [2.05, 4.69) is 16.7 Å². The van der Waals surface area contributed by atoms with Crippen LogP contribution in [0.4, 0.5) is 10.5 Å². The van der Waals surface area contributed by atoms with Gasteiger partial charge in [0.2, 0.25) is 0 Å². The van der Waals surface area contributed by atoms with E-state index in [9.17, 15) is 13.2 Å². The Balaban J connectivity index is 1.67. The van der Waals surface area contributed by atoms with Crippen LogP contribution in [0.3, 0.4) is 0 Å². The van der Waals surface area contributed by atoms with Crippen molar-refractivity contribution >= 4 is 21.6 Å². The van der Waals surface area contributed by atoms with Crippen molar-refractivity contribution in [1.29, 1.82) is 0 Å². The van der Waals surface area contributed by atoms with Crippen molar-refractivity contribution in [3.8, 4) is 0 Å². The second-order valence-corrected chi connectivity index (χ2v) is 7.44. The summed E-state index contributed by atoms with van der Waals surface area (Å²) in [6.45, 7) is 0. The lowest BCUT2D eigenvalue weighted by Crippen LogP contribution is -2.38. The molecule has 1 aromatic rings. The van der Waals surface area contributed by atoms with E-state index in [0.29, 0.717) is 0 Å². The number of nitrogens with one attached hydrogen (secondary N) is 2. The number of aryl methyl sites for hydroxylation is 1. The van der Waals surface area contributed by atoms with Gasteiger partial charge in [-0.25, -0.2) is 13.2 Å². The summed E-state index contributed by atoms with van der Waals surface area (Å²) >= 11 is 0. The van der Waals surface area contributed by atoms with E-state index in [1.54, 1.807) is 0 Å². The van der Waals surface area contributed by atoms with Crippen molar-refractivity contribution in [2.75, 3.05) is 11.1 Å². The lowest BCUT2D eigenvalue weighted by atomic mass is 9.90. The predicted molar refractivity (Wildman–Crippen MR) is 82.0 cm³/mol. The first-order valence-corrected chi connectivity index (χ1v) is 8.84. The summed E-state index contributed by atoms with van der Waals surface area (Å²) < 4.78 is 22.6. The molecular weight excluding hydrogens is 288 g/mol. The standard InChI is InChI=1S/C15H18N2O3S/c18-15(16-12-8-9-21(19,20)10-12)17-14-7-3-5-11-4-1-2-6-13(11)14/h3,5,7-9,12H,1-2,4,6,10H2,(H2,16,17,18). The molecule has 1 aliphatic carbocycles. The number of urea groups is 1. The molecule has 1 unspecified atom stereocenters. The Hall–Kier alpha value is -1.82. The Morgan fingerprint density at radius 2 is 2.00 bits per heavy atom. The summed E-state index contributed by atoms with van der Waals surface area (Å²) in [5.74, 6) is -0.0622. The summed E-state index contributed by atoms with van der Waals surface area (Å²) in [6.07, 6.45) is 5.86. The molecule has 1 aromatic carbocycles. The molecule has 0 fully saturated rings. The number of fused-ring (bicyclic) bond motifs is 1. The molecule has 0 saturated heterocycles. The van der Waals surface area contributed by atoms with E-state index in [0.717, 1.165) is 30.4 Å². The van der Waals surface area contributed by atoms with Gasteiger partial charge in [-0.3, -0.25) is 0 Å². The van der Waals surface area contributed by atoms with E-state index >= 15 is 0 Å². The SMILES string of the molecule is O=C(Nc1cccc2c1CCCC2)NC1C=CS(=O)(=O)C1. The molecule has 0 saturated carbocycles. The third-order valence-corrected chi connectivity index (χ3v) is 5.29. The number of carbonyl (C=O) groups excluding carboxylic acids is 1. The molecule has 2 amide bonds. The Morgan fingerprint density at radius 3 is 2.76 bits per heavy atom. The molecule has 0 bridgehead atoms. The van der Waals surface area contributed by atoms with Crippen molar-refractivity contribution in [1.82, 2.24) is 5.32 Å². The summed E-state index contributed by atoms with van der Waals surface area (Å²) in [5.41, 5.74) is 3.32. The minimum absolute atomic E-state index is 0.0622. The zero-order chi connectivity index (χ0) is 14.9. The Kier molecular flexibility index (Phi) is 3.71. The number of hydrogen-bond donors (Lipinski definition) is 2. The van der Waals surface area contributed by atoms with Gasteiger partial charge in [-0.15, -0.1) is 0 Å². The van der Waals surface area contributed by atoms with E-state index in [4.69, 9.17) is 0 Å². The van der Waals surface area contributed by atoms with Crippen LogP contribution in [0.5, 0.6) is 0 Å². The van der Waals surface area contributed by atoms with Crippen molar-refractivity contribution in [2.45, 2.75) is 31.7 Å². The first-order chi connectivity index (χ1) is 10.0.